The van der Waals surface area contributed by atoms with Crippen LogP contribution in [0.5, 0.6) is 0 Å². The van der Waals surface area contributed by atoms with E-state index in [9.17, 15) is 0 Å². The summed E-state index contributed by atoms with van der Waals surface area (Å²) in [6, 6.07) is -0.153. The van der Waals surface area contributed by atoms with Crippen LogP contribution in [0.15, 0.2) is 18.7 Å². The van der Waals surface area contributed by atoms with Crippen molar-refractivity contribution in [2.24, 2.45) is 18.7 Å². The molecule has 2 aromatic heterocycles. The van der Waals surface area contributed by atoms with Crippen LogP contribution < -0.4 is 5.73 Å². The highest BCUT2D eigenvalue weighted by Crippen LogP contribution is 2.13. The van der Waals surface area contributed by atoms with Crippen LogP contribution in [-0.2, 0) is 20.0 Å². The largest absolute Gasteiger partial charge is 0.337 e. The number of hydrogen-bond donors (Lipinski definition) is 1. The van der Waals surface area contributed by atoms with Gasteiger partial charge in [-0.25, -0.2) is 14.6 Å². The van der Waals surface area contributed by atoms with Crippen molar-refractivity contribution in [2.75, 3.05) is 0 Å². The number of aryl methyl sites for hydroxylation is 1. The Morgan fingerprint density at radius 3 is 2.72 bits per heavy atom. The molecule has 0 aliphatic heterocycles. The standard InChI is InChI=1S/C12H20N6/c1-9(2)7-18-11(15-8-16-18)6-10(13)12-14-4-5-17(12)3/h4-5,8-10H,6-7,13H2,1-3H3. The van der Waals surface area contributed by atoms with Crippen LogP contribution in [0.1, 0.15) is 31.5 Å². The van der Waals surface area contributed by atoms with Gasteiger partial charge >= 0.3 is 0 Å². The number of aromatic nitrogens is 5. The van der Waals surface area contributed by atoms with Gasteiger partial charge in [0.2, 0.25) is 0 Å². The van der Waals surface area contributed by atoms with Gasteiger partial charge in [0.15, 0.2) is 0 Å². The van der Waals surface area contributed by atoms with Crippen LogP contribution >= 0.6 is 0 Å². The third kappa shape index (κ3) is 2.76. The fourth-order valence-corrected chi connectivity index (χ4v) is 1.97. The molecule has 0 spiro atoms. The van der Waals surface area contributed by atoms with Gasteiger partial charge < -0.3 is 10.3 Å². The normalized spacial score (nSPS) is 13.2. The van der Waals surface area contributed by atoms with Gasteiger partial charge in [0.25, 0.3) is 0 Å². The molecule has 2 N–H and O–H groups in total. The first-order chi connectivity index (χ1) is 8.58. The maximum absolute atomic E-state index is 6.17. The van der Waals surface area contributed by atoms with Crippen molar-refractivity contribution < 1.29 is 0 Å². The lowest BCUT2D eigenvalue weighted by Gasteiger charge is -2.13. The second-order valence-electron chi connectivity index (χ2n) is 4.96. The number of rotatable bonds is 5. The molecule has 0 aliphatic carbocycles. The highest BCUT2D eigenvalue weighted by Gasteiger charge is 2.15. The van der Waals surface area contributed by atoms with Crippen molar-refractivity contribution in [1.29, 1.82) is 0 Å². The van der Waals surface area contributed by atoms with Gasteiger partial charge in [-0.15, -0.1) is 0 Å². The third-order valence-electron chi connectivity index (χ3n) is 2.83. The van der Waals surface area contributed by atoms with Crippen LogP contribution in [0.4, 0.5) is 0 Å². The maximum atomic E-state index is 6.17. The first-order valence-corrected chi connectivity index (χ1v) is 6.17. The van der Waals surface area contributed by atoms with E-state index in [4.69, 9.17) is 5.73 Å². The molecular weight excluding hydrogens is 228 g/mol. The van der Waals surface area contributed by atoms with E-state index < -0.39 is 0 Å². The van der Waals surface area contributed by atoms with Crippen molar-refractivity contribution in [3.05, 3.63) is 30.4 Å². The molecule has 2 aromatic rings. The minimum Gasteiger partial charge on any atom is -0.337 e. The van der Waals surface area contributed by atoms with E-state index in [1.54, 1.807) is 12.5 Å². The van der Waals surface area contributed by atoms with E-state index in [2.05, 4.69) is 28.9 Å². The van der Waals surface area contributed by atoms with Gasteiger partial charge in [0, 0.05) is 32.4 Å². The maximum Gasteiger partial charge on any atom is 0.138 e. The summed E-state index contributed by atoms with van der Waals surface area (Å²) in [5.41, 5.74) is 6.17. The Hall–Kier alpha value is -1.69. The van der Waals surface area contributed by atoms with Crippen molar-refractivity contribution in [3.8, 4) is 0 Å². The summed E-state index contributed by atoms with van der Waals surface area (Å²) in [5, 5.41) is 4.24. The Kier molecular flexibility index (Phi) is 3.76. The van der Waals surface area contributed by atoms with Crippen LogP contribution in [0, 0.1) is 5.92 Å². The summed E-state index contributed by atoms with van der Waals surface area (Å²) in [4.78, 5) is 8.55. The van der Waals surface area contributed by atoms with E-state index in [-0.39, 0.29) is 6.04 Å². The third-order valence-corrected chi connectivity index (χ3v) is 2.83. The Labute approximate surface area is 107 Å². The average Bonchev–Trinajstić information content (AvgIpc) is 2.88. The molecule has 0 saturated heterocycles. The van der Waals surface area contributed by atoms with Gasteiger partial charge in [-0.3, -0.25) is 0 Å². The van der Waals surface area contributed by atoms with Gasteiger partial charge in [-0.05, 0) is 5.92 Å². The highest BCUT2D eigenvalue weighted by atomic mass is 15.3. The van der Waals surface area contributed by atoms with Gasteiger partial charge in [0.05, 0.1) is 6.04 Å². The SMILES string of the molecule is CC(C)Cn1ncnc1CC(N)c1nccn1C. The average molecular weight is 248 g/mol. The summed E-state index contributed by atoms with van der Waals surface area (Å²) in [5.74, 6) is 2.32. The summed E-state index contributed by atoms with van der Waals surface area (Å²) in [6.45, 7) is 5.18. The number of nitrogens with zero attached hydrogens (tertiary/aromatic N) is 5. The highest BCUT2D eigenvalue weighted by molar-refractivity contribution is 5.02. The van der Waals surface area contributed by atoms with E-state index in [1.165, 1.54) is 0 Å². The number of nitrogens with two attached hydrogens (primary N) is 1. The number of hydrogen-bond acceptors (Lipinski definition) is 4. The first-order valence-electron chi connectivity index (χ1n) is 6.17. The molecule has 18 heavy (non-hydrogen) atoms. The second-order valence-corrected chi connectivity index (χ2v) is 4.96. The summed E-state index contributed by atoms with van der Waals surface area (Å²) in [7, 11) is 1.95. The molecule has 98 valence electrons. The second kappa shape index (κ2) is 5.30. The molecular formula is C12H20N6. The van der Waals surface area contributed by atoms with Gasteiger partial charge in [-0.1, -0.05) is 13.8 Å². The zero-order valence-corrected chi connectivity index (χ0v) is 11.1. The molecule has 0 saturated carbocycles. The summed E-state index contributed by atoms with van der Waals surface area (Å²) >= 11 is 0. The Balaban J connectivity index is 2.10. The monoisotopic (exact) mass is 248 g/mol. The van der Waals surface area contributed by atoms with Crippen LogP contribution in [0.3, 0.4) is 0 Å². The van der Waals surface area contributed by atoms with E-state index >= 15 is 0 Å². The molecule has 1 unspecified atom stereocenters. The minimum atomic E-state index is -0.153. The summed E-state index contributed by atoms with van der Waals surface area (Å²) in [6.07, 6.45) is 5.89. The molecule has 0 fully saturated rings. The minimum absolute atomic E-state index is 0.153. The van der Waals surface area contributed by atoms with E-state index in [0.29, 0.717) is 12.3 Å². The smallest absolute Gasteiger partial charge is 0.138 e. The molecule has 0 amide bonds. The molecule has 2 rings (SSSR count). The molecule has 0 aromatic carbocycles. The molecule has 1 atom stereocenters. The molecule has 6 heteroatoms. The zero-order chi connectivity index (χ0) is 13.1. The zero-order valence-electron chi connectivity index (χ0n) is 11.1. The lowest BCUT2D eigenvalue weighted by molar-refractivity contribution is 0.456. The van der Waals surface area contributed by atoms with Crippen molar-refractivity contribution >= 4 is 0 Å². The van der Waals surface area contributed by atoms with Crippen LogP contribution in [-0.4, -0.2) is 24.3 Å². The Morgan fingerprint density at radius 2 is 2.11 bits per heavy atom. The molecule has 6 nitrogen and oxygen atoms in total. The lowest BCUT2D eigenvalue weighted by atomic mass is 10.2. The van der Waals surface area contributed by atoms with Gasteiger partial charge in [-0.2, -0.15) is 5.10 Å². The quantitative estimate of drug-likeness (QED) is 0.853. The predicted octanol–water partition coefficient (Wildman–Crippen LogP) is 0.910. The number of imidazole rings is 1. The van der Waals surface area contributed by atoms with Crippen LogP contribution in [0.2, 0.25) is 0 Å². The molecule has 0 aliphatic rings. The lowest BCUT2D eigenvalue weighted by Crippen LogP contribution is -2.21. The fourth-order valence-electron chi connectivity index (χ4n) is 1.97. The van der Waals surface area contributed by atoms with Crippen molar-refractivity contribution in [3.63, 3.8) is 0 Å². The fraction of sp³-hybridized carbons (Fsp3) is 0.583. The van der Waals surface area contributed by atoms with Crippen molar-refractivity contribution in [2.45, 2.75) is 32.9 Å². The van der Waals surface area contributed by atoms with Gasteiger partial charge in [0.1, 0.15) is 18.0 Å². The van der Waals surface area contributed by atoms with Crippen LogP contribution in [0.25, 0.3) is 0 Å². The summed E-state index contributed by atoms with van der Waals surface area (Å²) < 4.78 is 3.86. The molecule has 0 bridgehead atoms. The van der Waals surface area contributed by atoms with Crippen molar-refractivity contribution in [1.82, 2.24) is 24.3 Å². The first kappa shape index (κ1) is 12.8. The molecule has 0 radical (unpaired) electrons. The predicted molar refractivity (Wildman–Crippen MR) is 68.7 cm³/mol. The Morgan fingerprint density at radius 1 is 1.33 bits per heavy atom. The van der Waals surface area contributed by atoms with E-state index in [0.717, 1.165) is 18.2 Å². The van der Waals surface area contributed by atoms with E-state index in [1.807, 2.05) is 22.5 Å². The molecule has 2 heterocycles. The topological polar surface area (TPSA) is 74.6 Å². The Bertz CT molecular complexity index is 498.